The highest BCUT2D eigenvalue weighted by molar-refractivity contribution is 7.80. The highest BCUT2D eigenvalue weighted by Crippen LogP contribution is 2.40. The minimum Gasteiger partial charge on any atom is -0.499 e. The quantitative estimate of drug-likeness (QED) is 0.630. The van der Waals surface area contributed by atoms with Gasteiger partial charge < -0.3 is 5.11 Å². The van der Waals surface area contributed by atoms with Gasteiger partial charge >= 0.3 is 0 Å². The molecule has 0 aliphatic heterocycles. The summed E-state index contributed by atoms with van der Waals surface area (Å²) >= 11 is 4.84. The molecule has 1 aliphatic carbocycles. The van der Waals surface area contributed by atoms with E-state index in [0.29, 0.717) is 0 Å². The molecule has 12 heavy (non-hydrogen) atoms. The van der Waals surface area contributed by atoms with Crippen molar-refractivity contribution in [3.8, 4) is 0 Å². The third-order valence-corrected chi connectivity index (χ3v) is 2.88. The van der Waals surface area contributed by atoms with E-state index >= 15 is 0 Å². The van der Waals surface area contributed by atoms with E-state index in [9.17, 15) is 5.11 Å². The van der Waals surface area contributed by atoms with E-state index in [1.807, 2.05) is 0 Å². The van der Waals surface area contributed by atoms with Crippen LogP contribution in [0.25, 0.3) is 0 Å². The molecular formula is C10H16OS. The minimum absolute atomic E-state index is 0.0775. The van der Waals surface area contributed by atoms with Gasteiger partial charge in [-0.1, -0.05) is 19.4 Å². The number of aliphatic hydroxyl groups excluding tert-OH is 1. The smallest absolute Gasteiger partial charge is 0.184 e. The average Bonchev–Trinajstić information content (AvgIpc) is 1.82. The molecule has 0 aromatic rings. The molecule has 1 nitrogen and oxygen atoms in total. The lowest BCUT2D eigenvalue weighted by Crippen LogP contribution is -2.24. The molecule has 0 amide bonds. The molecule has 0 bridgehead atoms. The second-order valence-corrected chi connectivity index (χ2v) is 4.58. The third-order valence-electron chi connectivity index (χ3n) is 2.67. The van der Waals surface area contributed by atoms with Crippen LogP contribution in [-0.2, 0) is 0 Å². The predicted molar refractivity (Wildman–Crippen MR) is 55.6 cm³/mol. The molecule has 2 heteroatoms. The fourth-order valence-corrected chi connectivity index (χ4v) is 2.55. The van der Waals surface area contributed by atoms with Gasteiger partial charge in [0.15, 0.2) is 5.05 Å². The zero-order valence-electron chi connectivity index (χ0n) is 7.98. The molecule has 68 valence electrons. The lowest BCUT2D eigenvalue weighted by molar-refractivity contribution is 0.371. The summed E-state index contributed by atoms with van der Waals surface area (Å²) in [7, 11) is 0. The van der Waals surface area contributed by atoms with E-state index in [1.54, 1.807) is 0 Å². The maximum atomic E-state index is 9.36. The second kappa shape index (κ2) is 3.17. The Bertz CT molecular complexity index is 238. The minimum atomic E-state index is 0.0775. The van der Waals surface area contributed by atoms with Gasteiger partial charge in [-0.2, -0.15) is 0 Å². The Kier molecular flexibility index (Phi) is 2.57. The zero-order valence-corrected chi connectivity index (χ0v) is 8.79. The molecule has 1 aliphatic rings. The van der Waals surface area contributed by atoms with Gasteiger partial charge in [-0.05, 0) is 43.8 Å². The van der Waals surface area contributed by atoms with Crippen LogP contribution in [0.3, 0.4) is 0 Å². The lowest BCUT2D eigenvalue weighted by atomic mass is 9.73. The summed E-state index contributed by atoms with van der Waals surface area (Å²) in [4.78, 5) is 0. The van der Waals surface area contributed by atoms with Crippen LogP contribution in [-0.4, -0.2) is 10.2 Å². The van der Waals surface area contributed by atoms with E-state index < -0.39 is 0 Å². The summed E-state index contributed by atoms with van der Waals surface area (Å²) < 4.78 is 0. The Labute approximate surface area is 79.5 Å². The van der Waals surface area contributed by atoms with Crippen molar-refractivity contribution in [1.29, 1.82) is 0 Å². The fourth-order valence-electron chi connectivity index (χ4n) is 2.10. The van der Waals surface area contributed by atoms with E-state index in [0.717, 1.165) is 18.4 Å². The molecule has 0 saturated carbocycles. The standard InChI is InChI=1S/C10H16OS/c1-7-5-4-6-10(2,3)8(7)9(11)12/h4-6H2,1-3H3,(H,11,12). The molecule has 0 saturated heterocycles. The van der Waals surface area contributed by atoms with Gasteiger partial charge in [0.05, 0.1) is 0 Å². The largest absolute Gasteiger partial charge is 0.499 e. The van der Waals surface area contributed by atoms with E-state index in [2.05, 4.69) is 20.8 Å². The molecular weight excluding hydrogens is 168 g/mol. The van der Waals surface area contributed by atoms with Crippen LogP contribution in [0.5, 0.6) is 0 Å². The van der Waals surface area contributed by atoms with Gasteiger partial charge in [-0.25, -0.2) is 0 Å². The molecule has 0 unspecified atom stereocenters. The van der Waals surface area contributed by atoms with E-state index in [1.165, 1.54) is 12.0 Å². The Morgan fingerprint density at radius 1 is 1.50 bits per heavy atom. The maximum absolute atomic E-state index is 9.36. The molecule has 0 radical (unpaired) electrons. The van der Waals surface area contributed by atoms with Crippen LogP contribution in [0.4, 0.5) is 0 Å². The van der Waals surface area contributed by atoms with Crippen molar-refractivity contribution in [3.05, 3.63) is 11.1 Å². The Balaban J connectivity index is 3.09. The van der Waals surface area contributed by atoms with Gasteiger partial charge in [0.2, 0.25) is 0 Å². The van der Waals surface area contributed by atoms with Crippen LogP contribution in [0.2, 0.25) is 0 Å². The maximum Gasteiger partial charge on any atom is 0.184 e. The highest BCUT2D eigenvalue weighted by atomic mass is 32.1. The first-order chi connectivity index (χ1) is 5.45. The first kappa shape index (κ1) is 9.72. The Morgan fingerprint density at radius 3 is 2.42 bits per heavy atom. The summed E-state index contributed by atoms with van der Waals surface area (Å²) in [5.41, 5.74) is 2.34. The number of rotatable bonds is 1. The summed E-state index contributed by atoms with van der Waals surface area (Å²) in [6.45, 7) is 6.36. The summed E-state index contributed by atoms with van der Waals surface area (Å²) in [6, 6.07) is 0. The first-order valence-electron chi connectivity index (χ1n) is 4.38. The summed E-state index contributed by atoms with van der Waals surface area (Å²) in [5, 5.41) is 9.45. The zero-order chi connectivity index (χ0) is 9.35. The van der Waals surface area contributed by atoms with Crippen molar-refractivity contribution in [3.63, 3.8) is 0 Å². The lowest BCUT2D eigenvalue weighted by Gasteiger charge is -2.32. The monoisotopic (exact) mass is 184 g/mol. The number of hydrogen-bond donors (Lipinski definition) is 1. The van der Waals surface area contributed by atoms with Crippen LogP contribution in [0.1, 0.15) is 40.0 Å². The van der Waals surface area contributed by atoms with Crippen molar-refractivity contribution < 1.29 is 5.11 Å². The summed E-state index contributed by atoms with van der Waals surface area (Å²) in [5.74, 6) is 0. The topological polar surface area (TPSA) is 20.2 Å². The van der Waals surface area contributed by atoms with Crippen LogP contribution in [0.15, 0.2) is 11.1 Å². The molecule has 0 atom stereocenters. The van der Waals surface area contributed by atoms with Gasteiger partial charge in [-0.3, -0.25) is 0 Å². The van der Waals surface area contributed by atoms with Crippen molar-refractivity contribution in [2.24, 2.45) is 5.41 Å². The fraction of sp³-hybridized carbons (Fsp3) is 0.700. The normalized spacial score (nSPS) is 22.6. The third kappa shape index (κ3) is 1.69. The number of allylic oxidation sites excluding steroid dienone is 1. The van der Waals surface area contributed by atoms with Gasteiger partial charge in [-0.15, -0.1) is 0 Å². The molecule has 0 spiro atoms. The van der Waals surface area contributed by atoms with Gasteiger partial charge in [0, 0.05) is 5.57 Å². The summed E-state index contributed by atoms with van der Waals surface area (Å²) in [6.07, 6.45) is 3.42. The number of hydrogen-bond acceptors (Lipinski definition) is 1. The number of aliphatic hydroxyl groups is 1. The Hall–Kier alpha value is -0.370. The van der Waals surface area contributed by atoms with Gasteiger partial charge in [0.1, 0.15) is 0 Å². The Morgan fingerprint density at radius 2 is 2.08 bits per heavy atom. The second-order valence-electron chi connectivity index (χ2n) is 4.20. The van der Waals surface area contributed by atoms with Crippen molar-refractivity contribution in [2.45, 2.75) is 40.0 Å². The van der Waals surface area contributed by atoms with Crippen LogP contribution >= 0.6 is 12.2 Å². The molecule has 0 aromatic heterocycles. The van der Waals surface area contributed by atoms with Crippen molar-refractivity contribution >= 4 is 17.3 Å². The molecule has 0 aromatic carbocycles. The van der Waals surface area contributed by atoms with E-state index in [4.69, 9.17) is 12.2 Å². The van der Waals surface area contributed by atoms with Crippen LogP contribution < -0.4 is 0 Å². The van der Waals surface area contributed by atoms with Crippen LogP contribution in [0, 0.1) is 5.41 Å². The van der Waals surface area contributed by atoms with Crippen molar-refractivity contribution in [2.75, 3.05) is 0 Å². The number of thiocarbonyl (C=S) groups is 1. The molecule has 0 fully saturated rings. The predicted octanol–water partition coefficient (Wildman–Crippen LogP) is 3.40. The SMILES string of the molecule is CC1=C(C(O)=S)C(C)(C)CCC1. The van der Waals surface area contributed by atoms with Gasteiger partial charge in [0.25, 0.3) is 0 Å². The first-order valence-corrected chi connectivity index (χ1v) is 4.79. The molecule has 1 N–H and O–H groups in total. The average molecular weight is 184 g/mol. The molecule has 0 heterocycles. The van der Waals surface area contributed by atoms with Crippen molar-refractivity contribution in [1.82, 2.24) is 0 Å². The molecule has 1 rings (SSSR count). The highest BCUT2D eigenvalue weighted by Gasteiger charge is 2.30. The van der Waals surface area contributed by atoms with E-state index in [-0.39, 0.29) is 10.5 Å².